The Morgan fingerprint density at radius 3 is 2.59 bits per heavy atom. The summed E-state index contributed by atoms with van der Waals surface area (Å²) in [6, 6.07) is 14.9. The lowest BCUT2D eigenvalue weighted by Gasteiger charge is -2.00. The third-order valence-electron chi connectivity index (χ3n) is 2.69. The van der Waals surface area contributed by atoms with Gasteiger partial charge in [0.2, 0.25) is 5.78 Å². The van der Waals surface area contributed by atoms with Gasteiger partial charge in [-0.3, -0.25) is 9.20 Å². The van der Waals surface area contributed by atoms with Gasteiger partial charge in [0.15, 0.2) is 0 Å². The lowest BCUT2D eigenvalue weighted by molar-refractivity contribution is 0.103. The molecule has 3 nitrogen and oxygen atoms in total. The Hall–Kier alpha value is -2.42. The van der Waals surface area contributed by atoms with Gasteiger partial charge in [-0.1, -0.05) is 36.4 Å². The van der Waals surface area contributed by atoms with E-state index in [1.165, 1.54) is 0 Å². The molecule has 0 radical (unpaired) electrons. The van der Waals surface area contributed by atoms with Gasteiger partial charge in [-0.2, -0.15) is 0 Å². The summed E-state index contributed by atoms with van der Waals surface area (Å²) in [4.78, 5) is 16.5. The summed E-state index contributed by atoms with van der Waals surface area (Å²) in [5, 5.41) is 0. The topological polar surface area (TPSA) is 34.4 Å². The first-order valence-electron chi connectivity index (χ1n) is 5.38. The summed E-state index contributed by atoms with van der Waals surface area (Å²) in [6.45, 7) is 0. The molecule has 0 amide bonds. The molecule has 0 fully saturated rings. The zero-order valence-corrected chi connectivity index (χ0v) is 9.08. The SMILES string of the molecule is O=C(c1ccccc1)c1cnc2ccccn12. The van der Waals surface area contributed by atoms with Crippen LogP contribution in [0.4, 0.5) is 0 Å². The minimum Gasteiger partial charge on any atom is -0.297 e. The molecule has 3 rings (SSSR count). The number of pyridine rings is 1. The van der Waals surface area contributed by atoms with Crippen LogP contribution in [-0.4, -0.2) is 15.2 Å². The average molecular weight is 222 g/mol. The van der Waals surface area contributed by atoms with Gasteiger partial charge in [0.1, 0.15) is 11.3 Å². The number of carbonyl (C=O) groups excluding carboxylic acids is 1. The van der Waals surface area contributed by atoms with Crippen LogP contribution in [0.5, 0.6) is 0 Å². The first kappa shape index (κ1) is 9.78. The molecule has 0 bridgehead atoms. The molecule has 0 aliphatic heterocycles. The summed E-state index contributed by atoms with van der Waals surface area (Å²) >= 11 is 0. The Balaban J connectivity index is 2.14. The molecule has 0 spiro atoms. The van der Waals surface area contributed by atoms with Crippen LogP contribution in [-0.2, 0) is 0 Å². The van der Waals surface area contributed by atoms with Gasteiger partial charge in [-0.15, -0.1) is 0 Å². The van der Waals surface area contributed by atoms with Crippen molar-refractivity contribution in [3.05, 3.63) is 72.2 Å². The fourth-order valence-electron chi connectivity index (χ4n) is 1.84. The van der Waals surface area contributed by atoms with E-state index in [0.29, 0.717) is 11.3 Å². The van der Waals surface area contributed by atoms with E-state index >= 15 is 0 Å². The van der Waals surface area contributed by atoms with E-state index < -0.39 is 0 Å². The van der Waals surface area contributed by atoms with Gasteiger partial charge in [0.25, 0.3) is 0 Å². The molecule has 0 saturated heterocycles. The molecule has 3 heteroatoms. The highest BCUT2D eigenvalue weighted by atomic mass is 16.1. The maximum atomic E-state index is 12.3. The van der Waals surface area contributed by atoms with Crippen LogP contribution in [0.2, 0.25) is 0 Å². The highest BCUT2D eigenvalue weighted by Crippen LogP contribution is 2.11. The molecule has 82 valence electrons. The molecule has 0 aliphatic rings. The number of imidazole rings is 1. The van der Waals surface area contributed by atoms with Gasteiger partial charge in [-0.25, -0.2) is 4.98 Å². The van der Waals surface area contributed by atoms with E-state index in [4.69, 9.17) is 0 Å². The molecule has 0 atom stereocenters. The third-order valence-corrected chi connectivity index (χ3v) is 2.69. The fraction of sp³-hybridized carbons (Fsp3) is 0. The minimum absolute atomic E-state index is 0.00991. The second kappa shape index (κ2) is 3.87. The summed E-state index contributed by atoms with van der Waals surface area (Å²) in [6.07, 6.45) is 3.46. The number of ketones is 1. The van der Waals surface area contributed by atoms with E-state index in [2.05, 4.69) is 4.98 Å². The second-order valence-electron chi connectivity index (χ2n) is 3.77. The minimum atomic E-state index is -0.00991. The monoisotopic (exact) mass is 222 g/mol. The lowest BCUT2D eigenvalue weighted by Crippen LogP contribution is -2.04. The number of fused-ring (bicyclic) bond motifs is 1. The van der Waals surface area contributed by atoms with Crippen LogP contribution >= 0.6 is 0 Å². The van der Waals surface area contributed by atoms with E-state index in [9.17, 15) is 4.79 Å². The lowest BCUT2D eigenvalue weighted by atomic mass is 10.1. The van der Waals surface area contributed by atoms with Gasteiger partial charge in [0, 0.05) is 11.8 Å². The number of aromatic nitrogens is 2. The van der Waals surface area contributed by atoms with Crippen molar-refractivity contribution in [3.8, 4) is 0 Å². The van der Waals surface area contributed by atoms with Crippen molar-refractivity contribution in [2.45, 2.75) is 0 Å². The first-order chi connectivity index (χ1) is 8.36. The predicted octanol–water partition coefficient (Wildman–Crippen LogP) is 2.57. The van der Waals surface area contributed by atoms with Gasteiger partial charge >= 0.3 is 0 Å². The second-order valence-corrected chi connectivity index (χ2v) is 3.77. The molecular formula is C14H10N2O. The van der Waals surface area contributed by atoms with Crippen LogP contribution in [0.25, 0.3) is 5.65 Å². The van der Waals surface area contributed by atoms with Gasteiger partial charge in [0.05, 0.1) is 6.20 Å². The molecule has 1 aromatic carbocycles. The molecule has 0 aliphatic carbocycles. The molecule has 3 aromatic rings. The average Bonchev–Trinajstić information content (AvgIpc) is 2.83. The zero-order chi connectivity index (χ0) is 11.7. The van der Waals surface area contributed by atoms with Crippen molar-refractivity contribution in [1.29, 1.82) is 0 Å². The number of hydrogen-bond acceptors (Lipinski definition) is 2. The Morgan fingerprint density at radius 2 is 1.76 bits per heavy atom. The summed E-state index contributed by atoms with van der Waals surface area (Å²) in [7, 11) is 0. The summed E-state index contributed by atoms with van der Waals surface area (Å²) in [5.41, 5.74) is 2.05. The van der Waals surface area contributed by atoms with Crippen molar-refractivity contribution >= 4 is 11.4 Å². The highest BCUT2D eigenvalue weighted by molar-refractivity contribution is 6.08. The fourth-order valence-corrected chi connectivity index (χ4v) is 1.84. The normalized spacial score (nSPS) is 10.6. The number of benzene rings is 1. The Labute approximate surface area is 98.4 Å². The first-order valence-corrected chi connectivity index (χ1v) is 5.38. The molecule has 2 aromatic heterocycles. The van der Waals surface area contributed by atoms with E-state index in [1.54, 1.807) is 10.6 Å². The van der Waals surface area contributed by atoms with Crippen molar-refractivity contribution < 1.29 is 4.79 Å². The van der Waals surface area contributed by atoms with E-state index in [0.717, 1.165) is 5.65 Å². The quantitative estimate of drug-likeness (QED) is 0.624. The van der Waals surface area contributed by atoms with E-state index in [-0.39, 0.29) is 5.78 Å². The maximum Gasteiger partial charge on any atom is 0.211 e. The van der Waals surface area contributed by atoms with Crippen LogP contribution in [0.1, 0.15) is 16.1 Å². The van der Waals surface area contributed by atoms with Crippen LogP contribution < -0.4 is 0 Å². The molecule has 0 saturated carbocycles. The van der Waals surface area contributed by atoms with Crippen LogP contribution in [0.15, 0.2) is 60.9 Å². The predicted molar refractivity (Wildman–Crippen MR) is 65.1 cm³/mol. The zero-order valence-electron chi connectivity index (χ0n) is 9.08. The number of nitrogens with zero attached hydrogens (tertiary/aromatic N) is 2. The van der Waals surface area contributed by atoms with Crippen LogP contribution in [0.3, 0.4) is 0 Å². The number of rotatable bonds is 2. The number of carbonyl (C=O) groups is 1. The summed E-state index contributed by atoms with van der Waals surface area (Å²) < 4.78 is 1.80. The van der Waals surface area contributed by atoms with Crippen LogP contribution in [0, 0.1) is 0 Å². The Kier molecular flexibility index (Phi) is 2.22. The van der Waals surface area contributed by atoms with Crippen molar-refractivity contribution in [3.63, 3.8) is 0 Å². The number of hydrogen-bond donors (Lipinski definition) is 0. The Morgan fingerprint density at radius 1 is 1.00 bits per heavy atom. The molecule has 17 heavy (non-hydrogen) atoms. The summed E-state index contributed by atoms with van der Waals surface area (Å²) in [5.74, 6) is -0.00991. The van der Waals surface area contributed by atoms with Gasteiger partial charge < -0.3 is 0 Å². The molecular weight excluding hydrogens is 212 g/mol. The third kappa shape index (κ3) is 1.61. The van der Waals surface area contributed by atoms with Gasteiger partial charge in [-0.05, 0) is 12.1 Å². The largest absolute Gasteiger partial charge is 0.297 e. The highest BCUT2D eigenvalue weighted by Gasteiger charge is 2.13. The van der Waals surface area contributed by atoms with E-state index in [1.807, 2.05) is 54.7 Å². The van der Waals surface area contributed by atoms with Crippen molar-refractivity contribution in [2.24, 2.45) is 0 Å². The van der Waals surface area contributed by atoms with Crippen molar-refractivity contribution in [2.75, 3.05) is 0 Å². The molecule has 2 heterocycles. The molecule has 0 N–H and O–H groups in total. The standard InChI is InChI=1S/C14H10N2O/c17-14(11-6-2-1-3-7-11)12-10-15-13-8-4-5-9-16(12)13/h1-10H. The molecule has 0 unspecified atom stereocenters. The maximum absolute atomic E-state index is 12.3. The Bertz CT molecular complexity index is 671. The smallest absolute Gasteiger partial charge is 0.211 e. The van der Waals surface area contributed by atoms with Crippen molar-refractivity contribution in [1.82, 2.24) is 9.38 Å².